The molecule has 1 unspecified atom stereocenters. The Labute approximate surface area is 157 Å². The molecule has 2 N–H and O–H groups in total. The summed E-state index contributed by atoms with van der Waals surface area (Å²) in [5.41, 5.74) is 4.63. The van der Waals surface area contributed by atoms with Gasteiger partial charge in [0.1, 0.15) is 5.56 Å². The van der Waals surface area contributed by atoms with Gasteiger partial charge in [-0.2, -0.15) is 5.10 Å². The van der Waals surface area contributed by atoms with Crippen LogP contribution >= 0.6 is 0 Å². The Bertz CT molecular complexity index is 984. The van der Waals surface area contributed by atoms with Crippen LogP contribution in [-0.2, 0) is 14.1 Å². The number of anilines is 1. The molecule has 0 aliphatic carbocycles. The molecule has 2 aromatic rings. The molecule has 0 amide bonds. The molecule has 1 aliphatic heterocycles. The number of hydrazone groups is 1. The minimum atomic E-state index is -0.573. The number of aromatic hydroxyl groups is 1. The molecular weight excluding hydrogens is 346 g/mol. The van der Waals surface area contributed by atoms with Gasteiger partial charge in [-0.15, -0.1) is 0 Å². The Kier molecular flexibility index (Phi) is 5.07. The lowest BCUT2D eigenvalue weighted by atomic mass is 9.99. The Morgan fingerprint density at radius 1 is 1.15 bits per heavy atom. The van der Waals surface area contributed by atoms with Crippen molar-refractivity contribution in [3.05, 3.63) is 56.2 Å². The van der Waals surface area contributed by atoms with E-state index < -0.39 is 11.2 Å². The highest BCUT2D eigenvalue weighted by molar-refractivity contribution is 6.03. The maximum absolute atomic E-state index is 12.5. The topological polar surface area (TPSA) is 91.9 Å². The monoisotopic (exact) mass is 371 g/mol. The molecule has 1 aromatic heterocycles. The first-order valence-corrected chi connectivity index (χ1v) is 9.05. The Morgan fingerprint density at radius 2 is 1.78 bits per heavy atom. The zero-order chi connectivity index (χ0) is 19.7. The summed E-state index contributed by atoms with van der Waals surface area (Å²) in [4.78, 5) is 26.6. The van der Waals surface area contributed by atoms with Crippen molar-refractivity contribution in [1.82, 2.24) is 14.6 Å². The van der Waals surface area contributed by atoms with Crippen molar-refractivity contribution in [3.63, 3.8) is 0 Å². The molecule has 1 aromatic carbocycles. The molecule has 27 heavy (non-hydrogen) atoms. The van der Waals surface area contributed by atoms with E-state index in [0.717, 1.165) is 33.5 Å². The van der Waals surface area contributed by atoms with Gasteiger partial charge in [0.2, 0.25) is 5.88 Å². The van der Waals surface area contributed by atoms with Crippen molar-refractivity contribution >= 4 is 11.4 Å². The summed E-state index contributed by atoms with van der Waals surface area (Å²) in [7, 11) is 2.81. The SMILES string of the molecule is CCN(CC)c1ccc(C2CC(c3c(O)n(C)c(=O)n(C)c3=O)=NN2)cc1. The summed E-state index contributed by atoms with van der Waals surface area (Å²) in [6.07, 6.45) is 0.450. The van der Waals surface area contributed by atoms with Crippen LogP contribution < -0.4 is 21.6 Å². The van der Waals surface area contributed by atoms with E-state index in [9.17, 15) is 14.7 Å². The molecule has 0 fully saturated rings. The molecule has 8 heteroatoms. The number of hydrogen-bond acceptors (Lipinski definition) is 6. The lowest BCUT2D eigenvalue weighted by Gasteiger charge is -2.21. The Balaban J connectivity index is 1.86. The van der Waals surface area contributed by atoms with E-state index >= 15 is 0 Å². The predicted octanol–water partition coefficient (Wildman–Crippen LogP) is 1.07. The first-order chi connectivity index (χ1) is 12.9. The van der Waals surface area contributed by atoms with E-state index in [-0.39, 0.29) is 17.5 Å². The summed E-state index contributed by atoms with van der Waals surface area (Å²) < 4.78 is 2.02. The van der Waals surface area contributed by atoms with E-state index in [4.69, 9.17) is 0 Å². The van der Waals surface area contributed by atoms with Gasteiger partial charge in [0.25, 0.3) is 5.56 Å². The average Bonchev–Trinajstić information content (AvgIpc) is 3.16. The molecule has 0 radical (unpaired) electrons. The number of aromatic nitrogens is 2. The molecule has 1 aliphatic rings. The van der Waals surface area contributed by atoms with Crippen LogP contribution in [-0.4, -0.2) is 33.0 Å². The molecule has 144 valence electrons. The van der Waals surface area contributed by atoms with E-state index in [1.165, 1.54) is 14.1 Å². The zero-order valence-corrected chi connectivity index (χ0v) is 16.1. The lowest BCUT2D eigenvalue weighted by Crippen LogP contribution is -2.39. The largest absolute Gasteiger partial charge is 0.494 e. The quantitative estimate of drug-likeness (QED) is 0.820. The highest BCUT2D eigenvalue weighted by Crippen LogP contribution is 2.27. The Hall–Kier alpha value is -3.03. The van der Waals surface area contributed by atoms with Crippen LogP contribution in [0.3, 0.4) is 0 Å². The highest BCUT2D eigenvalue weighted by Gasteiger charge is 2.27. The maximum atomic E-state index is 12.5. The normalized spacial score (nSPS) is 16.1. The smallest absolute Gasteiger partial charge is 0.333 e. The molecule has 1 atom stereocenters. The van der Waals surface area contributed by atoms with Gasteiger partial charge >= 0.3 is 5.69 Å². The van der Waals surface area contributed by atoms with Crippen LogP contribution in [0.2, 0.25) is 0 Å². The highest BCUT2D eigenvalue weighted by atomic mass is 16.3. The van der Waals surface area contributed by atoms with Gasteiger partial charge < -0.3 is 15.4 Å². The molecule has 2 heterocycles. The van der Waals surface area contributed by atoms with Crippen LogP contribution in [0.25, 0.3) is 0 Å². The van der Waals surface area contributed by atoms with Crippen LogP contribution in [0.4, 0.5) is 5.69 Å². The third kappa shape index (κ3) is 3.22. The number of hydrogen-bond donors (Lipinski definition) is 2. The summed E-state index contributed by atoms with van der Waals surface area (Å²) in [6.45, 7) is 6.13. The van der Waals surface area contributed by atoms with Gasteiger partial charge in [-0.25, -0.2) is 4.79 Å². The minimum Gasteiger partial charge on any atom is -0.494 e. The van der Waals surface area contributed by atoms with Crippen LogP contribution in [0.1, 0.15) is 37.4 Å². The second-order valence-corrected chi connectivity index (χ2v) is 6.61. The first-order valence-electron chi connectivity index (χ1n) is 9.05. The summed E-state index contributed by atoms with van der Waals surface area (Å²) in [6, 6.07) is 8.15. The van der Waals surface area contributed by atoms with Crippen molar-refractivity contribution in [2.75, 3.05) is 18.0 Å². The standard InChI is InChI=1S/C19H25N5O3/c1-5-24(6-2)13-9-7-12(8-10-13)14-11-15(21-20-14)16-17(25)22(3)19(27)23(4)18(16)26/h7-10,14,20,25H,5-6,11H2,1-4H3. The fourth-order valence-electron chi connectivity index (χ4n) is 3.38. The predicted molar refractivity (Wildman–Crippen MR) is 106 cm³/mol. The molecule has 3 rings (SSSR count). The lowest BCUT2D eigenvalue weighted by molar-refractivity contribution is 0.410. The van der Waals surface area contributed by atoms with Gasteiger partial charge in [-0.3, -0.25) is 13.9 Å². The van der Waals surface area contributed by atoms with Gasteiger partial charge in [-0.1, -0.05) is 12.1 Å². The fraction of sp³-hybridized carbons (Fsp3) is 0.421. The molecule has 0 bridgehead atoms. The third-order valence-corrected chi connectivity index (χ3v) is 5.10. The van der Waals surface area contributed by atoms with Crippen LogP contribution in [0.5, 0.6) is 5.88 Å². The van der Waals surface area contributed by atoms with Gasteiger partial charge in [0.05, 0.1) is 11.8 Å². The molecular formula is C19H25N5O3. The van der Waals surface area contributed by atoms with E-state index in [1.54, 1.807) is 0 Å². The summed E-state index contributed by atoms with van der Waals surface area (Å²) in [5.74, 6) is -0.360. The van der Waals surface area contributed by atoms with Crippen molar-refractivity contribution in [3.8, 4) is 5.88 Å². The number of rotatable bonds is 5. The average molecular weight is 371 g/mol. The molecule has 0 saturated carbocycles. The van der Waals surface area contributed by atoms with E-state index in [2.05, 4.69) is 41.4 Å². The van der Waals surface area contributed by atoms with Crippen molar-refractivity contribution < 1.29 is 5.11 Å². The first kappa shape index (κ1) is 18.8. The van der Waals surface area contributed by atoms with Crippen molar-refractivity contribution in [2.45, 2.75) is 26.3 Å². The number of nitrogens with one attached hydrogen (secondary N) is 1. The molecule has 8 nitrogen and oxygen atoms in total. The third-order valence-electron chi connectivity index (χ3n) is 5.10. The number of nitrogens with zero attached hydrogens (tertiary/aromatic N) is 4. The maximum Gasteiger partial charge on any atom is 0.333 e. The number of benzene rings is 1. The molecule has 0 saturated heterocycles. The van der Waals surface area contributed by atoms with Crippen molar-refractivity contribution in [2.24, 2.45) is 19.2 Å². The summed E-state index contributed by atoms with van der Waals surface area (Å²) in [5, 5.41) is 14.5. The van der Waals surface area contributed by atoms with Gasteiger partial charge in [0, 0.05) is 39.3 Å². The Morgan fingerprint density at radius 3 is 2.37 bits per heavy atom. The van der Waals surface area contributed by atoms with E-state index in [0.29, 0.717) is 12.1 Å². The van der Waals surface area contributed by atoms with Gasteiger partial charge in [0.15, 0.2) is 0 Å². The zero-order valence-electron chi connectivity index (χ0n) is 16.1. The van der Waals surface area contributed by atoms with Crippen molar-refractivity contribution in [1.29, 1.82) is 0 Å². The minimum absolute atomic E-state index is 0.0642. The second-order valence-electron chi connectivity index (χ2n) is 6.61. The summed E-state index contributed by atoms with van der Waals surface area (Å²) >= 11 is 0. The fourth-order valence-corrected chi connectivity index (χ4v) is 3.38. The second kappa shape index (κ2) is 7.30. The molecule has 0 spiro atoms. The van der Waals surface area contributed by atoms with Gasteiger partial charge in [-0.05, 0) is 31.5 Å². The van der Waals surface area contributed by atoms with Crippen LogP contribution in [0.15, 0.2) is 39.0 Å². The van der Waals surface area contributed by atoms with E-state index in [1.807, 2.05) is 12.1 Å². The van der Waals surface area contributed by atoms with Crippen LogP contribution in [0, 0.1) is 0 Å².